The standard InChI is InChI=1S/C11H9Cl2N3S/c1-2-5-16-10(14-15-11(16)17)8-4-3-7(12)6-9(8)13/h2-4,6H,1,5H2,(H,15,17). The van der Waals surface area contributed by atoms with Gasteiger partial charge in [0.15, 0.2) is 11.0 Å². The van der Waals surface area contributed by atoms with Crippen LogP contribution in [0.25, 0.3) is 11.4 Å². The lowest BCUT2D eigenvalue weighted by Crippen LogP contribution is -1.99. The van der Waals surface area contributed by atoms with Crippen LogP contribution in [0.1, 0.15) is 0 Å². The summed E-state index contributed by atoms with van der Waals surface area (Å²) >= 11 is 16.2. The zero-order valence-corrected chi connectivity index (χ0v) is 11.2. The molecule has 3 nitrogen and oxygen atoms in total. The van der Waals surface area contributed by atoms with Crippen molar-refractivity contribution in [3.8, 4) is 11.4 Å². The SMILES string of the molecule is C=CCn1c(S)nnc1-c1ccc(Cl)cc1Cl. The van der Waals surface area contributed by atoms with Gasteiger partial charge in [0.25, 0.3) is 0 Å². The Morgan fingerprint density at radius 2 is 2.12 bits per heavy atom. The summed E-state index contributed by atoms with van der Waals surface area (Å²) in [5, 5.41) is 9.60. The molecule has 17 heavy (non-hydrogen) atoms. The fourth-order valence-corrected chi connectivity index (χ4v) is 2.18. The summed E-state index contributed by atoms with van der Waals surface area (Å²) in [5.74, 6) is 0.650. The Hall–Kier alpha value is -0.970. The van der Waals surface area contributed by atoms with Gasteiger partial charge in [-0.1, -0.05) is 29.3 Å². The first-order valence-electron chi connectivity index (χ1n) is 4.82. The Morgan fingerprint density at radius 1 is 1.35 bits per heavy atom. The molecule has 0 fully saturated rings. The number of thiol groups is 1. The Kier molecular flexibility index (Phi) is 3.76. The summed E-state index contributed by atoms with van der Waals surface area (Å²) in [6.07, 6.45) is 1.75. The van der Waals surface area contributed by atoms with E-state index in [1.54, 1.807) is 18.2 Å². The molecule has 2 rings (SSSR count). The van der Waals surface area contributed by atoms with Gasteiger partial charge in [0.05, 0.1) is 5.02 Å². The van der Waals surface area contributed by atoms with E-state index in [0.717, 1.165) is 5.56 Å². The van der Waals surface area contributed by atoms with E-state index >= 15 is 0 Å². The molecule has 0 atom stereocenters. The van der Waals surface area contributed by atoms with Crippen LogP contribution in [0.4, 0.5) is 0 Å². The van der Waals surface area contributed by atoms with Gasteiger partial charge in [-0.15, -0.1) is 29.4 Å². The van der Waals surface area contributed by atoms with Crippen LogP contribution < -0.4 is 0 Å². The van der Waals surface area contributed by atoms with Crippen molar-refractivity contribution < 1.29 is 0 Å². The average Bonchev–Trinajstić information content (AvgIpc) is 2.62. The molecule has 0 bridgehead atoms. The smallest absolute Gasteiger partial charge is 0.188 e. The highest BCUT2D eigenvalue weighted by Gasteiger charge is 2.13. The van der Waals surface area contributed by atoms with Crippen LogP contribution in [0.2, 0.25) is 10.0 Å². The maximum absolute atomic E-state index is 6.13. The van der Waals surface area contributed by atoms with Crippen LogP contribution in [-0.2, 0) is 6.54 Å². The molecule has 88 valence electrons. The first-order chi connectivity index (χ1) is 8.13. The number of benzene rings is 1. The number of hydrogen-bond donors (Lipinski definition) is 1. The Morgan fingerprint density at radius 3 is 2.76 bits per heavy atom. The zero-order chi connectivity index (χ0) is 12.4. The van der Waals surface area contributed by atoms with Gasteiger partial charge < -0.3 is 0 Å². The van der Waals surface area contributed by atoms with Crippen LogP contribution in [0.3, 0.4) is 0 Å². The molecule has 0 radical (unpaired) electrons. The summed E-state index contributed by atoms with van der Waals surface area (Å²) in [7, 11) is 0. The van der Waals surface area contributed by atoms with Crippen molar-refractivity contribution in [2.75, 3.05) is 0 Å². The van der Waals surface area contributed by atoms with Gasteiger partial charge in [-0.05, 0) is 18.2 Å². The molecule has 0 aliphatic carbocycles. The van der Waals surface area contributed by atoms with Gasteiger partial charge in [-0.2, -0.15) is 0 Å². The third-order valence-electron chi connectivity index (χ3n) is 2.21. The Bertz CT molecular complexity index is 566. The molecule has 2 aromatic rings. The van der Waals surface area contributed by atoms with Crippen molar-refractivity contribution in [1.82, 2.24) is 14.8 Å². The third kappa shape index (κ3) is 2.49. The molecule has 0 saturated carbocycles. The number of aromatic nitrogens is 3. The number of allylic oxidation sites excluding steroid dienone is 1. The van der Waals surface area contributed by atoms with Crippen molar-refractivity contribution in [3.63, 3.8) is 0 Å². The molecule has 0 amide bonds. The highest BCUT2D eigenvalue weighted by atomic mass is 35.5. The third-order valence-corrected chi connectivity index (χ3v) is 3.09. The molecule has 0 aliphatic heterocycles. The Labute approximate surface area is 114 Å². The van der Waals surface area contributed by atoms with E-state index in [-0.39, 0.29) is 0 Å². The van der Waals surface area contributed by atoms with Gasteiger partial charge in [-0.3, -0.25) is 4.57 Å². The predicted octanol–water partition coefficient (Wildman–Crippen LogP) is 3.73. The molecule has 0 N–H and O–H groups in total. The van der Waals surface area contributed by atoms with Crippen molar-refractivity contribution in [2.45, 2.75) is 11.7 Å². The summed E-state index contributed by atoms with van der Waals surface area (Å²) in [6, 6.07) is 5.24. The minimum Gasteiger partial charge on any atom is -0.298 e. The Balaban J connectivity index is 2.56. The van der Waals surface area contributed by atoms with Gasteiger partial charge in [0.2, 0.25) is 0 Å². The van der Waals surface area contributed by atoms with Crippen LogP contribution in [-0.4, -0.2) is 14.8 Å². The zero-order valence-electron chi connectivity index (χ0n) is 8.77. The van der Waals surface area contributed by atoms with E-state index in [9.17, 15) is 0 Å². The first-order valence-corrected chi connectivity index (χ1v) is 6.02. The lowest BCUT2D eigenvalue weighted by atomic mass is 10.2. The first kappa shape index (κ1) is 12.5. The minimum atomic E-state index is 0.519. The number of rotatable bonds is 3. The lowest BCUT2D eigenvalue weighted by Gasteiger charge is -2.07. The van der Waals surface area contributed by atoms with Gasteiger partial charge >= 0.3 is 0 Å². The van der Waals surface area contributed by atoms with Crippen molar-refractivity contribution >= 4 is 35.8 Å². The highest BCUT2D eigenvalue weighted by Crippen LogP contribution is 2.30. The molecular weight excluding hydrogens is 277 g/mol. The minimum absolute atomic E-state index is 0.519. The monoisotopic (exact) mass is 285 g/mol. The van der Waals surface area contributed by atoms with E-state index in [0.29, 0.717) is 27.6 Å². The van der Waals surface area contributed by atoms with E-state index < -0.39 is 0 Å². The molecule has 0 aliphatic rings. The van der Waals surface area contributed by atoms with Crippen LogP contribution in [0, 0.1) is 0 Å². The second kappa shape index (κ2) is 5.12. The van der Waals surface area contributed by atoms with Crippen molar-refractivity contribution in [1.29, 1.82) is 0 Å². The number of hydrogen-bond acceptors (Lipinski definition) is 3. The number of nitrogens with zero attached hydrogens (tertiary/aromatic N) is 3. The summed E-state index contributed by atoms with van der Waals surface area (Å²) in [4.78, 5) is 0. The second-order valence-corrected chi connectivity index (χ2v) is 4.59. The van der Waals surface area contributed by atoms with Crippen LogP contribution >= 0.6 is 35.8 Å². The molecule has 0 spiro atoms. The van der Waals surface area contributed by atoms with E-state index in [1.165, 1.54) is 0 Å². The molecular formula is C11H9Cl2N3S. The molecule has 0 saturated heterocycles. The van der Waals surface area contributed by atoms with E-state index in [1.807, 2.05) is 10.6 Å². The lowest BCUT2D eigenvalue weighted by molar-refractivity contribution is 0.734. The quantitative estimate of drug-likeness (QED) is 0.688. The molecule has 6 heteroatoms. The maximum atomic E-state index is 6.13. The highest BCUT2D eigenvalue weighted by molar-refractivity contribution is 7.80. The molecule has 1 aromatic heterocycles. The normalized spacial score (nSPS) is 10.5. The molecule has 1 heterocycles. The van der Waals surface area contributed by atoms with Gasteiger partial charge in [0, 0.05) is 17.1 Å². The van der Waals surface area contributed by atoms with Crippen molar-refractivity contribution in [2.24, 2.45) is 0 Å². The molecule has 0 unspecified atom stereocenters. The average molecular weight is 286 g/mol. The van der Waals surface area contributed by atoms with Gasteiger partial charge in [-0.25, -0.2) is 0 Å². The number of halogens is 2. The van der Waals surface area contributed by atoms with E-state index in [4.69, 9.17) is 23.2 Å². The predicted molar refractivity (Wildman–Crippen MR) is 72.9 cm³/mol. The van der Waals surface area contributed by atoms with E-state index in [2.05, 4.69) is 29.4 Å². The van der Waals surface area contributed by atoms with Crippen LogP contribution in [0.15, 0.2) is 36.0 Å². The second-order valence-electron chi connectivity index (χ2n) is 3.35. The summed E-state index contributed by atoms with van der Waals surface area (Å²) in [6.45, 7) is 4.25. The fraction of sp³-hybridized carbons (Fsp3) is 0.0909. The largest absolute Gasteiger partial charge is 0.298 e. The topological polar surface area (TPSA) is 30.7 Å². The fourth-order valence-electron chi connectivity index (χ4n) is 1.46. The summed E-state index contributed by atoms with van der Waals surface area (Å²) < 4.78 is 1.81. The molecule has 1 aromatic carbocycles. The van der Waals surface area contributed by atoms with Crippen molar-refractivity contribution in [3.05, 3.63) is 40.9 Å². The summed E-state index contributed by atoms with van der Waals surface area (Å²) in [5.41, 5.74) is 0.769. The van der Waals surface area contributed by atoms with Gasteiger partial charge in [0.1, 0.15) is 0 Å². The maximum Gasteiger partial charge on any atom is 0.188 e. The van der Waals surface area contributed by atoms with Crippen LogP contribution in [0.5, 0.6) is 0 Å².